The first-order valence-electron chi connectivity index (χ1n) is 2.10. The van der Waals surface area contributed by atoms with E-state index in [1.807, 2.05) is 0 Å². The second kappa shape index (κ2) is 8.45. The van der Waals surface area contributed by atoms with E-state index in [4.69, 9.17) is 10.8 Å². The summed E-state index contributed by atoms with van der Waals surface area (Å²) in [4.78, 5) is 13.4. The monoisotopic (exact) mass is 162 g/mol. The summed E-state index contributed by atoms with van der Waals surface area (Å²) < 4.78 is 0. The molecular weight excluding hydrogens is 152 g/mol. The molecule has 0 aromatic heterocycles. The van der Waals surface area contributed by atoms with Crippen LogP contribution in [0, 0.1) is 0 Å². The molecule has 0 aliphatic carbocycles. The van der Waals surface area contributed by atoms with E-state index >= 15 is 0 Å². The Morgan fingerprint density at radius 2 is 2.33 bits per heavy atom. The van der Waals surface area contributed by atoms with E-state index in [1.54, 1.807) is 0 Å². The predicted octanol–water partition coefficient (Wildman–Crippen LogP) is -1.77. The minimum absolute atomic E-state index is 0. The number of nitrogens with one attached hydrogen (secondary N) is 1. The van der Waals surface area contributed by atoms with Crippen molar-refractivity contribution in [1.82, 2.24) is 5.48 Å². The van der Waals surface area contributed by atoms with Crippen molar-refractivity contribution >= 4 is 43.9 Å². The second-order valence-electron chi connectivity index (χ2n) is 1.05. The molecule has 0 aromatic carbocycles. The maximum absolute atomic E-state index is 9.55. The van der Waals surface area contributed by atoms with E-state index in [0.717, 1.165) is 0 Å². The minimum atomic E-state index is -1.35. The Labute approximate surface area is 82.5 Å². The number of carbonyl (C=O) groups is 1. The Morgan fingerprint density at radius 1 is 1.78 bits per heavy atom. The molecule has 0 aromatic rings. The molecule has 0 spiro atoms. The van der Waals surface area contributed by atoms with E-state index in [-0.39, 0.29) is 37.7 Å². The van der Waals surface area contributed by atoms with Crippen LogP contribution in [0.2, 0.25) is 0 Å². The van der Waals surface area contributed by atoms with E-state index in [1.165, 1.54) is 0 Å². The number of hydrogen-bond donors (Lipinski definition) is 3. The van der Waals surface area contributed by atoms with Gasteiger partial charge in [-0.25, -0.2) is 4.79 Å². The fourth-order valence-electron chi connectivity index (χ4n) is 0.172. The van der Waals surface area contributed by atoms with Gasteiger partial charge in [0.15, 0.2) is 0 Å². The number of carboxylic acid groups (broad SMARTS) is 1. The average molecular weight is 162 g/mol. The summed E-state index contributed by atoms with van der Waals surface area (Å²) in [6, 6.07) is 0. The molecule has 4 N–H and O–H groups in total. The topological polar surface area (TPSA) is 84.6 Å². The molecule has 0 bridgehead atoms. The van der Waals surface area contributed by atoms with Gasteiger partial charge in [-0.05, 0) is 0 Å². The van der Waals surface area contributed by atoms with E-state index in [2.05, 4.69) is 10.3 Å². The third-order valence-corrected chi connectivity index (χ3v) is 0.406. The molecule has 0 radical (unpaired) electrons. The molecule has 0 rings (SSSR count). The number of hydroxylamine groups is 1. The van der Waals surface area contributed by atoms with Crippen molar-refractivity contribution in [3.63, 3.8) is 0 Å². The van der Waals surface area contributed by atoms with Crippen molar-refractivity contribution in [2.75, 3.05) is 13.1 Å². The van der Waals surface area contributed by atoms with E-state index in [0.29, 0.717) is 13.1 Å². The molecule has 0 saturated carbocycles. The van der Waals surface area contributed by atoms with Gasteiger partial charge in [-0.1, -0.05) is 0 Å². The molecule has 6 heteroatoms. The zero-order chi connectivity index (χ0) is 6.41. The summed E-state index contributed by atoms with van der Waals surface area (Å²) in [5.41, 5.74) is 7.09. The Balaban J connectivity index is 0. The Morgan fingerprint density at radius 3 is 2.67 bits per heavy atom. The summed E-state index contributed by atoms with van der Waals surface area (Å²) in [6.45, 7) is 0.694. The molecule has 0 heterocycles. The SMILES string of the molecule is NCCNOC(=O)O.[CaH2]. The van der Waals surface area contributed by atoms with Crippen molar-refractivity contribution in [3.05, 3.63) is 0 Å². The first-order chi connectivity index (χ1) is 3.77. The first kappa shape index (κ1) is 12.2. The molecule has 0 amide bonds. The molecular formula is C3H10CaN2O3. The second-order valence-corrected chi connectivity index (χ2v) is 1.05. The molecule has 0 aliphatic heterocycles. The van der Waals surface area contributed by atoms with Crippen LogP contribution in [-0.2, 0) is 4.84 Å². The van der Waals surface area contributed by atoms with Crippen LogP contribution in [0.1, 0.15) is 0 Å². The van der Waals surface area contributed by atoms with Crippen LogP contribution >= 0.6 is 0 Å². The summed E-state index contributed by atoms with van der Waals surface area (Å²) >= 11 is 0. The van der Waals surface area contributed by atoms with Crippen molar-refractivity contribution < 1.29 is 14.7 Å². The Kier molecular flexibility index (Phi) is 11.4. The van der Waals surface area contributed by atoms with E-state index < -0.39 is 6.16 Å². The molecule has 5 nitrogen and oxygen atoms in total. The first-order valence-corrected chi connectivity index (χ1v) is 2.10. The zero-order valence-corrected chi connectivity index (χ0v) is 4.26. The number of nitrogens with two attached hydrogens (primary N) is 1. The third-order valence-electron chi connectivity index (χ3n) is 0.406. The van der Waals surface area contributed by atoms with Crippen molar-refractivity contribution in [2.24, 2.45) is 5.73 Å². The van der Waals surface area contributed by atoms with Gasteiger partial charge < -0.3 is 15.7 Å². The van der Waals surface area contributed by atoms with Crippen LogP contribution in [0.4, 0.5) is 4.79 Å². The summed E-state index contributed by atoms with van der Waals surface area (Å²) in [7, 11) is 0. The molecule has 0 saturated heterocycles. The Bertz CT molecular complexity index is 79.5. The van der Waals surface area contributed by atoms with E-state index in [9.17, 15) is 4.79 Å². The van der Waals surface area contributed by atoms with Crippen LogP contribution in [0.15, 0.2) is 0 Å². The normalized spacial score (nSPS) is 7.67. The van der Waals surface area contributed by atoms with Crippen molar-refractivity contribution in [2.45, 2.75) is 0 Å². The number of rotatable bonds is 3. The van der Waals surface area contributed by atoms with Gasteiger partial charge in [0.25, 0.3) is 0 Å². The van der Waals surface area contributed by atoms with Gasteiger partial charge >= 0.3 is 43.9 Å². The van der Waals surface area contributed by atoms with Gasteiger partial charge in [0, 0.05) is 13.1 Å². The Hall–Kier alpha value is 0.450. The average Bonchev–Trinajstić information content (AvgIpc) is 1.66. The standard InChI is InChI=1S/C3H8N2O3.Ca.2H/c4-1-2-5-8-3(6)7;;;/h5H,1-2,4H2,(H,6,7);;;. The molecule has 0 atom stereocenters. The third kappa shape index (κ3) is 11.8. The fourth-order valence-corrected chi connectivity index (χ4v) is 0.172. The van der Waals surface area contributed by atoms with Gasteiger partial charge in [0.1, 0.15) is 0 Å². The van der Waals surface area contributed by atoms with Crippen LogP contribution in [0.5, 0.6) is 0 Å². The number of hydrogen-bond acceptors (Lipinski definition) is 4. The van der Waals surface area contributed by atoms with Gasteiger partial charge in [-0.2, -0.15) is 0 Å². The summed E-state index contributed by atoms with van der Waals surface area (Å²) in [5.74, 6) is 0. The van der Waals surface area contributed by atoms with Crippen LogP contribution < -0.4 is 11.2 Å². The van der Waals surface area contributed by atoms with Crippen LogP contribution in [-0.4, -0.2) is 62.1 Å². The van der Waals surface area contributed by atoms with Gasteiger partial charge in [0.05, 0.1) is 0 Å². The fraction of sp³-hybridized carbons (Fsp3) is 0.667. The maximum atomic E-state index is 9.55. The van der Waals surface area contributed by atoms with Gasteiger partial charge in [-0.15, -0.1) is 5.48 Å². The quantitative estimate of drug-likeness (QED) is 0.260. The van der Waals surface area contributed by atoms with Gasteiger partial charge in [-0.3, -0.25) is 0 Å². The molecule has 9 heavy (non-hydrogen) atoms. The van der Waals surface area contributed by atoms with Crippen molar-refractivity contribution in [3.8, 4) is 0 Å². The van der Waals surface area contributed by atoms with Gasteiger partial charge in [0.2, 0.25) is 0 Å². The van der Waals surface area contributed by atoms with Crippen LogP contribution in [0.25, 0.3) is 0 Å². The molecule has 0 aliphatic rings. The molecule has 0 unspecified atom stereocenters. The predicted molar refractivity (Wildman–Crippen MR) is 34.7 cm³/mol. The summed E-state index contributed by atoms with van der Waals surface area (Å²) in [6.07, 6.45) is -1.35. The molecule has 52 valence electrons. The zero-order valence-electron chi connectivity index (χ0n) is 4.26. The van der Waals surface area contributed by atoms with Crippen LogP contribution in [0.3, 0.4) is 0 Å². The van der Waals surface area contributed by atoms with Crippen molar-refractivity contribution in [1.29, 1.82) is 0 Å². The summed E-state index contributed by atoms with van der Waals surface area (Å²) in [5, 5.41) is 7.81. The molecule has 0 fully saturated rings.